The minimum absolute atomic E-state index is 0.282. The summed E-state index contributed by atoms with van der Waals surface area (Å²) < 4.78 is 39.7. The largest absolute Gasteiger partial charge is 0.418 e. The minimum Gasteiger partial charge on any atom is -0.374 e. The molecule has 1 saturated carbocycles. The van der Waals surface area contributed by atoms with Crippen LogP contribution in [-0.2, 0) is 12.7 Å². The van der Waals surface area contributed by atoms with Crippen molar-refractivity contribution >= 4 is 5.69 Å². The number of anilines is 1. The zero-order valence-electron chi connectivity index (χ0n) is 11.9. The zero-order valence-corrected chi connectivity index (χ0v) is 11.9. The number of alkyl halides is 3. The third kappa shape index (κ3) is 3.88. The topological polar surface area (TPSA) is 15.3 Å². The van der Waals surface area contributed by atoms with Crippen LogP contribution in [0.2, 0.25) is 0 Å². The quantitative estimate of drug-likeness (QED) is 0.858. The Bertz CT molecular complexity index is 453. The van der Waals surface area contributed by atoms with E-state index in [1.807, 2.05) is 6.92 Å². The second-order valence-electron chi connectivity index (χ2n) is 5.45. The number of halogens is 3. The van der Waals surface area contributed by atoms with Crippen molar-refractivity contribution in [2.75, 3.05) is 25.0 Å². The number of rotatable bonds is 6. The van der Waals surface area contributed by atoms with Crippen molar-refractivity contribution in [1.29, 1.82) is 0 Å². The van der Waals surface area contributed by atoms with Crippen LogP contribution in [0.15, 0.2) is 18.2 Å². The molecule has 2 nitrogen and oxygen atoms in total. The molecule has 1 aromatic carbocycles. The van der Waals surface area contributed by atoms with Crippen molar-refractivity contribution in [3.05, 3.63) is 29.3 Å². The number of hydrogen-bond acceptors (Lipinski definition) is 2. The Labute approximate surface area is 118 Å². The molecule has 2 rings (SSSR count). The van der Waals surface area contributed by atoms with Crippen LogP contribution in [0.3, 0.4) is 0 Å². The van der Waals surface area contributed by atoms with Gasteiger partial charge in [0.15, 0.2) is 0 Å². The van der Waals surface area contributed by atoms with Gasteiger partial charge in [0.25, 0.3) is 0 Å². The van der Waals surface area contributed by atoms with Crippen LogP contribution >= 0.6 is 0 Å². The summed E-state index contributed by atoms with van der Waals surface area (Å²) in [7, 11) is 1.74. The molecule has 0 heterocycles. The molecule has 0 radical (unpaired) electrons. The van der Waals surface area contributed by atoms with Gasteiger partial charge in [0, 0.05) is 25.8 Å². The summed E-state index contributed by atoms with van der Waals surface area (Å²) in [6.45, 7) is 3.84. The lowest BCUT2D eigenvalue weighted by molar-refractivity contribution is -0.137. The summed E-state index contributed by atoms with van der Waals surface area (Å²) >= 11 is 0. The van der Waals surface area contributed by atoms with Crippen molar-refractivity contribution in [3.8, 4) is 0 Å². The predicted octanol–water partition coefficient (Wildman–Crippen LogP) is 3.66. The van der Waals surface area contributed by atoms with Gasteiger partial charge in [-0.2, -0.15) is 13.2 Å². The molecule has 1 aliphatic rings. The molecule has 1 aromatic rings. The molecule has 0 atom stereocenters. The first-order chi connectivity index (χ1) is 9.41. The van der Waals surface area contributed by atoms with Gasteiger partial charge in [-0.05, 0) is 43.0 Å². The molecule has 112 valence electrons. The Morgan fingerprint density at radius 3 is 2.55 bits per heavy atom. The molecular weight excluding hydrogens is 265 g/mol. The van der Waals surface area contributed by atoms with Gasteiger partial charge in [-0.1, -0.05) is 13.0 Å². The molecule has 1 aliphatic carbocycles. The molecule has 0 unspecified atom stereocenters. The summed E-state index contributed by atoms with van der Waals surface area (Å²) in [5.41, 5.74) is 0.420. The van der Waals surface area contributed by atoms with E-state index in [0.717, 1.165) is 19.4 Å². The lowest BCUT2D eigenvalue weighted by atomic mass is 10.1. The number of hydrogen-bond donors (Lipinski definition) is 1. The molecule has 0 aliphatic heterocycles. The SMILES string of the molecule is CCNCc1ccc(N(C)CC2CC2)c(C(F)(F)F)c1. The Morgan fingerprint density at radius 1 is 1.30 bits per heavy atom. The second kappa shape index (κ2) is 6.04. The van der Waals surface area contributed by atoms with Gasteiger partial charge in [0.1, 0.15) is 0 Å². The minimum atomic E-state index is -4.31. The standard InChI is InChI=1S/C15H21F3N2/c1-3-19-9-12-6-7-14(13(8-12)15(16,17)18)20(2)10-11-4-5-11/h6-8,11,19H,3-5,9-10H2,1-2H3. The first kappa shape index (κ1) is 15.2. The second-order valence-corrected chi connectivity index (χ2v) is 5.45. The molecule has 5 heteroatoms. The molecule has 0 saturated heterocycles. The van der Waals surface area contributed by atoms with E-state index in [-0.39, 0.29) is 5.69 Å². The van der Waals surface area contributed by atoms with E-state index in [1.54, 1.807) is 24.1 Å². The number of nitrogens with zero attached hydrogens (tertiary/aromatic N) is 1. The van der Waals surface area contributed by atoms with E-state index in [2.05, 4.69) is 5.32 Å². The highest BCUT2D eigenvalue weighted by Gasteiger charge is 2.35. The molecule has 20 heavy (non-hydrogen) atoms. The molecular formula is C15H21F3N2. The van der Waals surface area contributed by atoms with Crippen molar-refractivity contribution < 1.29 is 13.2 Å². The van der Waals surface area contributed by atoms with Gasteiger partial charge in [-0.15, -0.1) is 0 Å². The van der Waals surface area contributed by atoms with Crippen LogP contribution in [0.5, 0.6) is 0 Å². The Morgan fingerprint density at radius 2 is 2.00 bits per heavy atom. The van der Waals surface area contributed by atoms with Gasteiger partial charge in [0.05, 0.1) is 5.56 Å². The van der Waals surface area contributed by atoms with E-state index >= 15 is 0 Å². The molecule has 0 aromatic heterocycles. The molecule has 0 amide bonds. The Balaban J connectivity index is 2.24. The zero-order chi connectivity index (χ0) is 14.8. The highest BCUT2D eigenvalue weighted by atomic mass is 19.4. The maximum Gasteiger partial charge on any atom is 0.418 e. The van der Waals surface area contributed by atoms with Crippen LogP contribution in [0.25, 0.3) is 0 Å². The monoisotopic (exact) mass is 286 g/mol. The fraction of sp³-hybridized carbons (Fsp3) is 0.600. The highest BCUT2D eigenvalue weighted by molar-refractivity contribution is 5.56. The van der Waals surface area contributed by atoms with Gasteiger partial charge in [0.2, 0.25) is 0 Å². The Hall–Kier alpha value is -1.23. The first-order valence-electron chi connectivity index (χ1n) is 7.03. The van der Waals surface area contributed by atoms with Crippen LogP contribution in [0.1, 0.15) is 30.9 Å². The van der Waals surface area contributed by atoms with Crippen molar-refractivity contribution in [3.63, 3.8) is 0 Å². The number of benzene rings is 1. The van der Waals surface area contributed by atoms with Crippen molar-refractivity contribution in [1.82, 2.24) is 5.32 Å². The average Bonchev–Trinajstić information content (AvgIpc) is 3.18. The van der Waals surface area contributed by atoms with E-state index in [9.17, 15) is 13.2 Å². The van der Waals surface area contributed by atoms with Gasteiger partial charge in [-0.3, -0.25) is 0 Å². The highest BCUT2D eigenvalue weighted by Crippen LogP contribution is 2.38. The third-order valence-corrected chi connectivity index (χ3v) is 3.59. The average molecular weight is 286 g/mol. The fourth-order valence-electron chi connectivity index (χ4n) is 2.31. The van der Waals surface area contributed by atoms with Gasteiger partial charge < -0.3 is 10.2 Å². The van der Waals surface area contributed by atoms with Crippen molar-refractivity contribution in [2.45, 2.75) is 32.5 Å². The first-order valence-corrected chi connectivity index (χ1v) is 7.03. The van der Waals surface area contributed by atoms with E-state index in [4.69, 9.17) is 0 Å². The smallest absolute Gasteiger partial charge is 0.374 e. The summed E-state index contributed by atoms with van der Waals surface area (Å²) in [5, 5.41) is 3.05. The van der Waals surface area contributed by atoms with Crippen molar-refractivity contribution in [2.24, 2.45) is 5.92 Å². The lowest BCUT2D eigenvalue weighted by Gasteiger charge is -2.24. The third-order valence-electron chi connectivity index (χ3n) is 3.59. The van der Waals surface area contributed by atoms with Crippen LogP contribution < -0.4 is 10.2 Å². The molecule has 0 bridgehead atoms. The van der Waals surface area contributed by atoms with E-state index < -0.39 is 11.7 Å². The summed E-state index contributed by atoms with van der Waals surface area (Å²) in [5.74, 6) is 0.558. The lowest BCUT2D eigenvalue weighted by Crippen LogP contribution is -2.24. The summed E-state index contributed by atoms with van der Waals surface area (Å²) in [6.07, 6.45) is -2.05. The van der Waals surface area contributed by atoms with E-state index in [0.29, 0.717) is 24.6 Å². The Kier molecular flexibility index (Phi) is 4.58. The maximum absolute atomic E-state index is 13.2. The molecule has 1 fully saturated rings. The summed E-state index contributed by atoms with van der Waals surface area (Å²) in [6, 6.07) is 4.63. The van der Waals surface area contributed by atoms with E-state index in [1.165, 1.54) is 6.07 Å². The van der Waals surface area contributed by atoms with Crippen LogP contribution in [0.4, 0.5) is 18.9 Å². The molecule has 0 spiro atoms. The normalized spacial score (nSPS) is 15.4. The molecule has 1 N–H and O–H groups in total. The number of nitrogens with one attached hydrogen (secondary N) is 1. The van der Waals surface area contributed by atoms with Gasteiger partial charge in [-0.25, -0.2) is 0 Å². The fourth-order valence-corrected chi connectivity index (χ4v) is 2.31. The van der Waals surface area contributed by atoms with Crippen LogP contribution in [0, 0.1) is 5.92 Å². The summed E-state index contributed by atoms with van der Waals surface area (Å²) in [4.78, 5) is 1.73. The van der Waals surface area contributed by atoms with Crippen LogP contribution in [-0.4, -0.2) is 20.1 Å². The predicted molar refractivity (Wildman–Crippen MR) is 74.8 cm³/mol. The maximum atomic E-state index is 13.2. The van der Waals surface area contributed by atoms with Gasteiger partial charge >= 0.3 is 6.18 Å².